The first-order valence-corrected chi connectivity index (χ1v) is 5.93. The largest absolute Gasteiger partial charge is 0.255 e. The van der Waals surface area contributed by atoms with Crippen molar-refractivity contribution in [1.82, 2.24) is 4.98 Å². The summed E-state index contributed by atoms with van der Waals surface area (Å²) >= 11 is 6.56. The molecule has 1 aromatic carbocycles. The topological polar surface area (TPSA) is 12.9 Å². The molecule has 0 saturated heterocycles. The number of aromatic nitrogens is 1. The summed E-state index contributed by atoms with van der Waals surface area (Å²) in [5.41, 5.74) is 1.44. The van der Waals surface area contributed by atoms with Gasteiger partial charge in [0.1, 0.15) is 5.82 Å². The number of fused-ring (bicyclic) bond motifs is 1. The van der Waals surface area contributed by atoms with Crippen LogP contribution in [0.3, 0.4) is 0 Å². The first-order valence-electron chi connectivity index (χ1n) is 4.01. The van der Waals surface area contributed by atoms with Crippen LogP contribution in [0.15, 0.2) is 28.9 Å². The van der Waals surface area contributed by atoms with Crippen LogP contribution in [0.5, 0.6) is 0 Å². The molecule has 0 fully saturated rings. The summed E-state index contributed by atoms with van der Waals surface area (Å²) in [6, 6.07) is 5.12. The first-order chi connectivity index (χ1) is 6.74. The molecule has 0 aliphatic rings. The molecule has 0 atom stereocenters. The van der Waals surface area contributed by atoms with Crippen LogP contribution in [0, 0.1) is 5.82 Å². The average Bonchev–Trinajstić information content (AvgIpc) is 2.18. The number of hydrogen-bond donors (Lipinski definition) is 0. The van der Waals surface area contributed by atoms with Crippen molar-refractivity contribution in [2.75, 3.05) is 0 Å². The van der Waals surface area contributed by atoms with Crippen LogP contribution in [-0.2, 0) is 5.33 Å². The van der Waals surface area contributed by atoms with Gasteiger partial charge < -0.3 is 0 Å². The Labute approximate surface area is 97.6 Å². The van der Waals surface area contributed by atoms with E-state index in [1.807, 2.05) is 6.07 Å². The molecule has 0 amide bonds. The Morgan fingerprint density at radius 1 is 1.43 bits per heavy atom. The summed E-state index contributed by atoms with van der Waals surface area (Å²) in [5, 5.41) is 1.34. The molecule has 14 heavy (non-hydrogen) atoms. The molecule has 0 aliphatic heterocycles. The number of pyridine rings is 1. The van der Waals surface area contributed by atoms with E-state index in [1.54, 1.807) is 12.3 Å². The molecule has 0 bridgehead atoms. The van der Waals surface area contributed by atoms with Crippen LogP contribution in [0.1, 0.15) is 5.56 Å². The smallest absolute Gasteiger partial charge is 0.129 e. The summed E-state index contributed by atoms with van der Waals surface area (Å²) in [7, 11) is 0. The predicted molar refractivity (Wildman–Crippen MR) is 62.0 cm³/mol. The average molecular weight is 319 g/mol. The van der Waals surface area contributed by atoms with E-state index in [0.717, 1.165) is 10.9 Å². The maximum atomic E-state index is 13.5. The number of benzene rings is 1. The Morgan fingerprint density at radius 2 is 2.21 bits per heavy atom. The lowest BCUT2D eigenvalue weighted by Gasteiger charge is -2.05. The summed E-state index contributed by atoms with van der Waals surface area (Å²) in [5.74, 6) is -0.214. The number of rotatable bonds is 1. The molecular formula is C10H6Br2FN. The van der Waals surface area contributed by atoms with Crippen molar-refractivity contribution in [2.24, 2.45) is 0 Å². The van der Waals surface area contributed by atoms with Gasteiger partial charge in [-0.2, -0.15) is 0 Å². The second kappa shape index (κ2) is 3.95. The third kappa shape index (κ3) is 1.57. The fourth-order valence-corrected chi connectivity index (χ4v) is 2.46. The normalized spacial score (nSPS) is 10.8. The number of hydrogen-bond acceptors (Lipinski definition) is 1. The minimum atomic E-state index is -0.214. The standard InChI is InChI=1S/C10H6Br2FN/c11-5-7-6-2-1-3-14-10(6)8(12)4-9(7)13/h1-4H,5H2. The molecular weight excluding hydrogens is 313 g/mol. The minimum Gasteiger partial charge on any atom is -0.255 e. The Bertz CT molecular complexity index is 485. The molecule has 0 unspecified atom stereocenters. The molecule has 72 valence electrons. The Morgan fingerprint density at radius 3 is 2.93 bits per heavy atom. The van der Waals surface area contributed by atoms with Gasteiger partial charge in [0.25, 0.3) is 0 Å². The summed E-state index contributed by atoms with van der Waals surface area (Å²) in [6.45, 7) is 0. The van der Waals surface area contributed by atoms with Crippen molar-refractivity contribution >= 4 is 42.8 Å². The van der Waals surface area contributed by atoms with Crippen LogP contribution in [0.25, 0.3) is 10.9 Å². The van der Waals surface area contributed by atoms with Crippen LogP contribution in [0.2, 0.25) is 0 Å². The van der Waals surface area contributed by atoms with E-state index >= 15 is 0 Å². The lowest BCUT2D eigenvalue weighted by atomic mass is 10.1. The van der Waals surface area contributed by atoms with E-state index in [0.29, 0.717) is 15.4 Å². The van der Waals surface area contributed by atoms with Crippen LogP contribution < -0.4 is 0 Å². The molecule has 1 heterocycles. The minimum absolute atomic E-state index is 0.214. The monoisotopic (exact) mass is 317 g/mol. The zero-order valence-electron chi connectivity index (χ0n) is 7.10. The van der Waals surface area contributed by atoms with E-state index in [4.69, 9.17) is 0 Å². The molecule has 1 aromatic heterocycles. The van der Waals surface area contributed by atoms with Crippen LogP contribution >= 0.6 is 31.9 Å². The SMILES string of the molecule is Fc1cc(Br)c2ncccc2c1CBr. The quantitative estimate of drug-likeness (QED) is 0.723. The van der Waals surface area contributed by atoms with Crippen molar-refractivity contribution < 1.29 is 4.39 Å². The Balaban J connectivity index is 2.90. The summed E-state index contributed by atoms with van der Waals surface area (Å²) in [4.78, 5) is 4.20. The fraction of sp³-hybridized carbons (Fsp3) is 0.100. The molecule has 0 spiro atoms. The van der Waals surface area contributed by atoms with Crippen molar-refractivity contribution in [3.63, 3.8) is 0 Å². The molecule has 2 rings (SSSR count). The van der Waals surface area contributed by atoms with E-state index in [9.17, 15) is 4.39 Å². The number of halogens is 3. The van der Waals surface area contributed by atoms with Gasteiger partial charge in [-0.25, -0.2) is 4.39 Å². The highest BCUT2D eigenvalue weighted by molar-refractivity contribution is 9.10. The van der Waals surface area contributed by atoms with E-state index in [2.05, 4.69) is 36.8 Å². The third-order valence-corrected chi connectivity index (χ3v) is 3.20. The number of nitrogens with zero attached hydrogens (tertiary/aromatic N) is 1. The van der Waals surface area contributed by atoms with E-state index < -0.39 is 0 Å². The van der Waals surface area contributed by atoms with Crippen molar-refractivity contribution in [3.8, 4) is 0 Å². The molecule has 0 radical (unpaired) electrons. The Hall–Kier alpha value is -0.480. The van der Waals surface area contributed by atoms with Gasteiger partial charge in [-0.05, 0) is 28.1 Å². The van der Waals surface area contributed by atoms with Crippen molar-refractivity contribution in [1.29, 1.82) is 0 Å². The van der Waals surface area contributed by atoms with Crippen molar-refractivity contribution in [2.45, 2.75) is 5.33 Å². The first kappa shape index (κ1) is 10.1. The van der Waals surface area contributed by atoms with Gasteiger partial charge in [0, 0.05) is 26.9 Å². The zero-order chi connectivity index (χ0) is 10.1. The van der Waals surface area contributed by atoms with Crippen LogP contribution in [0.4, 0.5) is 4.39 Å². The molecule has 1 nitrogen and oxygen atoms in total. The van der Waals surface area contributed by atoms with Gasteiger partial charge in [-0.15, -0.1) is 0 Å². The molecule has 0 N–H and O–H groups in total. The summed E-state index contributed by atoms with van der Waals surface area (Å²) < 4.78 is 14.2. The molecule has 4 heteroatoms. The highest BCUT2D eigenvalue weighted by atomic mass is 79.9. The van der Waals surface area contributed by atoms with E-state index in [1.165, 1.54) is 6.07 Å². The highest BCUT2D eigenvalue weighted by Crippen LogP contribution is 2.28. The maximum absolute atomic E-state index is 13.5. The predicted octanol–water partition coefficient (Wildman–Crippen LogP) is 4.03. The molecule has 0 aliphatic carbocycles. The van der Waals surface area contributed by atoms with Gasteiger partial charge in [0.05, 0.1) is 5.52 Å². The van der Waals surface area contributed by atoms with Gasteiger partial charge in [-0.1, -0.05) is 22.0 Å². The molecule has 2 aromatic rings. The van der Waals surface area contributed by atoms with Crippen LogP contribution in [-0.4, -0.2) is 4.98 Å². The van der Waals surface area contributed by atoms with E-state index in [-0.39, 0.29) is 5.82 Å². The van der Waals surface area contributed by atoms with Crippen molar-refractivity contribution in [3.05, 3.63) is 40.2 Å². The van der Waals surface area contributed by atoms with Gasteiger partial charge in [-0.3, -0.25) is 4.98 Å². The van der Waals surface area contributed by atoms with Gasteiger partial charge in [0.15, 0.2) is 0 Å². The fourth-order valence-electron chi connectivity index (χ4n) is 1.37. The lowest BCUT2D eigenvalue weighted by molar-refractivity contribution is 0.619. The lowest BCUT2D eigenvalue weighted by Crippen LogP contribution is -1.91. The highest BCUT2D eigenvalue weighted by Gasteiger charge is 2.09. The maximum Gasteiger partial charge on any atom is 0.129 e. The van der Waals surface area contributed by atoms with Gasteiger partial charge in [0.2, 0.25) is 0 Å². The zero-order valence-corrected chi connectivity index (χ0v) is 10.3. The Kier molecular flexibility index (Phi) is 2.83. The van der Waals surface area contributed by atoms with Gasteiger partial charge >= 0.3 is 0 Å². The second-order valence-electron chi connectivity index (χ2n) is 2.85. The summed E-state index contributed by atoms with van der Waals surface area (Å²) in [6.07, 6.45) is 1.70. The second-order valence-corrected chi connectivity index (χ2v) is 4.27. The molecule has 0 saturated carbocycles. The number of alkyl halides is 1. The third-order valence-electron chi connectivity index (χ3n) is 2.03.